The van der Waals surface area contributed by atoms with Crippen molar-refractivity contribution in [1.29, 1.82) is 5.26 Å². The summed E-state index contributed by atoms with van der Waals surface area (Å²) in [5.74, 6) is 0. The van der Waals surface area contributed by atoms with Crippen LogP contribution in [0.3, 0.4) is 0 Å². The fourth-order valence-electron chi connectivity index (χ4n) is 2.49. The number of halogens is 1. The second kappa shape index (κ2) is 7.53. The van der Waals surface area contributed by atoms with E-state index in [4.69, 9.17) is 11.0 Å². The Balaban J connectivity index is 0.00000225. The Morgan fingerprint density at radius 2 is 1.60 bits per heavy atom. The molecule has 0 aliphatic carbocycles. The van der Waals surface area contributed by atoms with Gasteiger partial charge >= 0.3 is 0 Å². The summed E-state index contributed by atoms with van der Waals surface area (Å²) in [6.45, 7) is 0.146. The second-order valence-electron chi connectivity index (χ2n) is 5.33. The van der Waals surface area contributed by atoms with E-state index in [1.807, 2.05) is 6.07 Å². The van der Waals surface area contributed by atoms with Gasteiger partial charge in [0, 0.05) is 23.0 Å². The number of sulfonamides is 1. The van der Waals surface area contributed by atoms with E-state index in [2.05, 4.69) is 4.72 Å². The van der Waals surface area contributed by atoms with E-state index in [0.717, 1.165) is 5.56 Å². The number of nitrogens with one attached hydrogen (secondary N) is 1. The maximum Gasteiger partial charge on any atom is 0.241 e. The highest BCUT2D eigenvalue weighted by molar-refractivity contribution is 7.89. The zero-order valence-electron chi connectivity index (χ0n) is 13.1. The third kappa shape index (κ3) is 3.91. The molecule has 0 aliphatic rings. The summed E-state index contributed by atoms with van der Waals surface area (Å²) in [5.41, 5.74) is 7.77. The predicted molar refractivity (Wildman–Crippen MR) is 101 cm³/mol. The quantitative estimate of drug-likeness (QED) is 0.686. The first-order chi connectivity index (χ1) is 11.5. The SMILES string of the molecule is Cl.N#Cc1ccc(CNS(=O)(=O)c2cccc3c(N)cccc23)cc1. The lowest BCUT2D eigenvalue weighted by Gasteiger charge is -2.11. The first-order valence-electron chi connectivity index (χ1n) is 7.27. The number of rotatable bonds is 4. The second-order valence-corrected chi connectivity index (χ2v) is 7.07. The van der Waals surface area contributed by atoms with Crippen LogP contribution in [0.5, 0.6) is 0 Å². The molecule has 3 N–H and O–H groups in total. The molecule has 25 heavy (non-hydrogen) atoms. The number of benzene rings is 3. The highest BCUT2D eigenvalue weighted by Crippen LogP contribution is 2.27. The zero-order valence-corrected chi connectivity index (χ0v) is 14.8. The van der Waals surface area contributed by atoms with E-state index >= 15 is 0 Å². The number of nitrogens with zero attached hydrogens (tertiary/aromatic N) is 1. The topological polar surface area (TPSA) is 96.0 Å². The van der Waals surface area contributed by atoms with Gasteiger partial charge in [-0.25, -0.2) is 13.1 Å². The molecular weight excluding hydrogens is 358 g/mol. The number of nitrogen functional groups attached to an aromatic ring is 1. The Bertz CT molecular complexity index is 1040. The molecular formula is C18H16ClN3O2S. The molecule has 0 spiro atoms. The molecule has 0 amide bonds. The Labute approximate surface area is 152 Å². The normalized spacial score (nSPS) is 10.8. The Kier molecular flexibility index (Phi) is 5.65. The van der Waals surface area contributed by atoms with Crippen molar-refractivity contribution < 1.29 is 8.42 Å². The number of fused-ring (bicyclic) bond motifs is 1. The zero-order chi connectivity index (χ0) is 17.2. The largest absolute Gasteiger partial charge is 0.398 e. The number of nitriles is 1. The smallest absolute Gasteiger partial charge is 0.241 e. The van der Waals surface area contributed by atoms with Gasteiger partial charge in [-0.15, -0.1) is 12.4 Å². The maximum absolute atomic E-state index is 12.6. The maximum atomic E-state index is 12.6. The van der Waals surface area contributed by atoms with E-state index in [1.165, 1.54) is 0 Å². The third-order valence-corrected chi connectivity index (χ3v) is 5.21. The lowest BCUT2D eigenvalue weighted by Crippen LogP contribution is -2.23. The van der Waals surface area contributed by atoms with Crippen molar-refractivity contribution >= 4 is 38.9 Å². The first-order valence-corrected chi connectivity index (χ1v) is 8.75. The highest BCUT2D eigenvalue weighted by atomic mass is 35.5. The van der Waals surface area contributed by atoms with Crippen LogP contribution in [-0.4, -0.2) is 8.42 Å². The van der Waals surface area contributed by atoms with Gasteiger partial charge in [-0.1, -0.05) is 36.4 Å². The van der Waals surface area contributed by atoms with Crippen molar-refractivity contribution in [3.63, 3.8) is 0 Å². The molecule has 3 aromatic carbocycles. The number of nitrogens with two attached hydrogens (primary N) is 1. The molecule has 0 bridgehead atoms. The summed E-state index contributed by atoms with van der Waals surface area (Å²) in [7, 11) is -3.69. The lowest BCUT2D eigenvalue weighted by molar-refractivity contribution is 0.582. The van der Waals surface area contributed by atoms with Gasteiger partial charge in [0.05, 0.1) is 16.5 Å². The van der Waals surface area contributed by atoms with Gasteiger partial charge in [0.25, 0.3) is 0 Å². The van der Waals surface area contributed by atoms with Gasteiger partial charge in [0.15, 0.2) is 0 Å². The van der Waals surface area contributed by atoms with Gasteiger partial charge in [-0.2, -0.15) is 5.26 Å². The van der Waals surface area contributed by atoms with E-state index in [9.17, 15) is 8.42 Å². The molecule has 0 atom stereocenters. The van der Waals surface area contributed by atoms with Gasteiger partial charge in [0.1, 0.15) is 0 Å². The summed E-state index contributed by atoms with van der Waals surface area (Å²) in [6.07, 6.45) is 0. The van der Waals surface area contributed by atoms with Crippen molar-refractivity contribution in [3.05, 3.63) is 71.8 Å². The monoisotopic (exact) mass is 373 g/mol. The van der Waals surface area contributed by atoms with Crippen LogP contribution in [0.1, 0.15) is 11.1 Å². The highest BCUT2D eigenvalue weighted by Gasteiger charge is 2.17. The molecule has 0 unspecified atom stereocenters. The van der Waals surface area contributed by atoms with Crippen molar-refractivity contribution in [1.82, 2.24) is 4.72 Å². The summed E-state index contributed by atoms with van der Waals surface area (Å²) in [6, 6.07) is 19.0. The summed E-state index contributed by atoms with van der Waals surface area (Å²) in [5, 5.41) is 10.1. The van der Waals surface area contributed by atoms with Gasteiger partial charge < -0.3 is 5.73 Å². The fourth-order valence-corrected chi connectivity index (χ4v) is 3.73. The summed E-state index contributed by atoms with van der Waals surface area (Å²) in [4.78, 5) is 0.195. The molecule has 0 fully saturated rings. The average Bonchev–Trinajstić information content (AvgIpc) is 2.60. The minimum Gasteiger partial charge on any atom is -0.398 e. The van der Waals surface area contributed by atoms with Crippen molar-refractivity contribution in [2.75, 3.05) is 5.73 Å². The molecule has 0 saturated heterocycles. The van der Waals surface area contributed by atoms with Crippen LogP contribution in [0, 0.1) is 11.3 Å². The van der Waals surface area contributed by atoms with Crippen molar-refractivity contribution in [2.45, 2.75) is 11.4 Å². The molecule has 0 aliphatic heterocycles. The van der Waals surface area contributed by atoms with Crippen molar-refractivity contribution in [3.8, 4) is 6.07 Å². The molecule has 0 saturated carbocycles. The fraction of sp³-hybridized carbons (Fsp3) is 0.0556. The van der Waals surface area contributed by atoms with Crippen LogP contribution >= 0.6 is 12.4 Å². The van der Waals surface area contributed by atoms with Gasteiger partial charge in [-0.05, 0) is 29.8 Å². The van der Waals surface area contributed by atoms with Gasteiger partial charge in [-0.3, -0.25) is 0 Å². The van der Waals surface area contributed by atoms with Gasteiger partial charge in [0.2, 0.25) is 10.0 Å². The van der Waals surface area contributed by atoms with E-state index in [0.29, 0.717) is 22.0 Å². The van der Waals surface area contributed by atoms with E-state index in [1.54, 1.807) is 60.7 Å². The lowest BCUT2D eigenvalue weighted by atomic mass is 10.1. The van der Waals surface area contributed by atoms with Crippen molar-refractivity contribution in [2.24, 2.45) is 0 Å². The molecule has 0 heterocycles. The Morgan fingerprint density at radius 3 is 2.28 bits per heavy atom. The van der Waals surface area contributed by atoms with Crippen LogP contribution in [0.15, 0.2) is 65.6 Å². The minimum absolute atomic E-state index is 0. The molecule has 5 nitrogen and oxygen atoms in total. The van der Waals surface area contributed by atoms with Crippen LogP contribution in [0.2, 0.25) is 0 Å². The Hall–Kier alpha value is -2.59. The molecule has 0 radical (unpaired) electrons. The van der Waals surface area contributed by atoms with Crippen LogP contribution in [0.25, 0.3) is 10.8 Å². The summed E-state index contributed by atoms with van der Waals surface area (Å²) >= 11 is 0. The standard InChI is InChI=1S/C18H15N3O2S.ClH/c19-11-13-7-9-14(10-8-13)12-21-24(22,23)18-6-2-3-15-16(18)4-1-5-17(15)20;/h1-10,21H,12,20H2;1H. The molecule has 3 aromatic rings. The molecule has 3 rings (SSSR count). The number of hydrogen-bond acceptors (Lipinski definition) is 4. The summed E-state index contributed by atoms with van der Waals surface area (Å²) < 4.78 is 27.9. The molecule has 7 heteroatoms. The predicted octanol–water partition coefficient (Wildman–Crippen LogP) is 3.19. The Morgan fingerprint density at radius 1 is 0.960 bits per heavy atom. The van der Waals surface area contributed by atoms with E-state index in [-0.39, 0.29) is 23.8 Å². The van der Waals surface area contributed by atoms with Crippen LogP contribution in [0.4, 0.5) is 5.69 Å². The molecule has 0 aromatic heterocycles. The van der Waals surface area contributed by atoms with E-state index < -0.39 is 10.0 Å². The van der Waals surface area contributed by atoms with Crippen LogP contribution in [-0.2, 0) is 16.6 Å². The number of hydrogen-bond donors (Lipinski definition) is 2. The third-order valence-electron chi connectivity index (χ3n) is 3.75. The molecule has 128 valence electrons. The van der Waals surface area contributed by atoms with Crippen LogP contribution < -0.4 is 10.5 Å². The number of anilines is 1. The average molecular weight is 374 g/mol. The minimum atomic E-state index is -3.69. The first kappa shape index (κ1) is 18.7.